The molecule has 0 aliphatic carbocycles. The Morgan fingerprint density at radius 3 is 2.81 bits per heavy atom. The molecule has 1 atom stereocenters. The Hall–Kier alpha value is -3.02. The van der Waals surface area contributed by atoms with Gasteiger partial charge in [0, 0.05) is 19.0 Å². The van der Waals surface area contributed by atoms with Crippen LogP contribution in [0.1, 0.15) is 34.9 Å². The van der Waals surface area contributed by atoms with Crippen molar-refractivity contribution in [2.45, 2.75) is 18.8 Å². The van der Waals surface area contributed by atoms with Gasteiger partial charge in [-0.2, -0.15) is 0 Å². The molecular formula is C21H23N3O3. The number of amides is 1. The molecule has 2 heterocycles. The predicted octanol–water partition coefficient (Wildman–Crippen LogP) is 3.60. The number of hydrogen-bond acceptors (Lipinski definition) is 4. The van der Waals surface area contributed by atoms with E-state index in [0.29, 0.717) is 23.6 Å². The predicted molar refractivity (Wildman–Crippen MR) is 104 cm³/mol. The average Bonchev–Trinajstić information content (AvgIpc) is 3.17. The lowest BCUT2D eigenvalue weighted by Gasteiger charge is -2.32. The average molecular weight is 365 g/mol. The van der Waals surface area contributed by atoms with Crippen LogP contribution >= 0.6 is 0 Å². The molecule has 1 aliphatic rings. The van der Waals surface area contributed by atoms with Crippen LogP contribution in [-0.2, 0) is 0 Å². The second-order valence-corrected chi connectivity index (χ2v) is 6.80. The van der Waals surface area contributed by atoms with Gasteiger partial charge in [0.2, 0.25) is 0 Å². The minimum Gasteiger partial charge on any atom is -0.497 e. The number of ether oxygens (including phenoxy) is 2. The van der Waals surface area contributed by atoms with Crippen molar-refractivity contribution in [2.75, 3.05) is 27.3 Å². The summed E-state index contributed by atoms with van der Waals surface area (Å²) in [7, 11) is 3.17. The number of aromatic amines is 1. The third-order valence-corrected chi connectivity index (χ3v) is 5.14. The number of carbonyl (C=O) groups is 1. The van der Waals surface area contributed by atoms with Gasteiger partial charge in [-0.1, -0.05) is 12.1 Å². The SMILES string of the molecule is COc1ccc(OC)c(C(=O)N2CCC[C@H](c3nc4ccccc4[nH]3)C2)c1. The number of aromatic nitrogens is 2. The van der Waals surface area contributed by atoms with Gasteiger partial charge < -0.3 is 19.4 Å². The number of nitrogens with zero attached hydrogens (tertiary/aromatic N) is 2. The van der Waals surface area contributed by atoms with Crippen LogP contribution in [0, 0.1) is 0 Å². The van der Waals surface area contributed by atoms with Crippen molar-refractivity contribution in [2.24, 2.45) is 0 Å². The fourth-order valence-corrected chi connectivity index (χ4v) is 3.70. The lowest BCUT2D eigenvalue weighted by molar-refractivity contribution is 0.0701. The first-order valence-electron chi connectivity index (χ1n) is 9.15. The number of methoxy groups -OCH3 is 2. The zero-order valence-corrected chi connectivity index (χ0v) is 15.6. The lowest BCUT2D eigenvalue weighted by atomic mass is 9.96. The number of piperidine rings is 1. The quantitative estimate of drug-likeness (QED) is 0.767. The molecule has 1 fully saturated rings. The molecular weight excluding hydrogens is 342 g/mol. The topological polar surface area (TPSA) is 67.5 Å². The van der Waals surface area contributed by atoms with Gasteiger partial charge in [-0.05, 0) is 43.2 Å². The molecule has 2 aromatic carbocycles. The van der Waals surface area contributed by atoms with Gasteiger partial charge >= 0.3 is 0 Å². The summed E-state index contributed by atoms with van der Waals surface area (Å²) in [5.74, 6) is 2.32. The standard InChI is InChI=1S/C21H23N3O3/c1-26-15-9-10-19(27-2)16(12-15)21(25)24-11-5-6-14(13-24)20-22-17-7-3-4-8-18(17)23-20/h3-4,7-10,12,14H,5-6,11,13H2,1-2H3,(H,22,23)/t14-/m0/s1. The van der Waals surface area contributed by atoms with Crippen LogP contribution in [0.3, 0.4) is 0 Å². The first-order chi connectivity index (χ1) is 13.2. The number of H-pyrrole nitrogens is 1. The first kappa shape index (κ1) is 17.4. The third-order valence-electron chi connectivity index (χ3n) is 5.14. The smallest absolute Gasteiger partial charge is 0.257 e. The van der Waals surface area contributed by atoms with Gasteiger partial charge in [0.25, 0.3) is 5.91 Å². The van der Waals surface area contributed by atoms with Crippen LogP contribution in [0.2, 0.25) is 0 Å². The number of imidazole rings is 1. The van der Waals surface area contributed by atoms with E-state index in [2.05, 4.69) is 4.98 Å². The Morgan fingerprint density at radius 1 is 1.19 bits per heavy atom. The lowest BCUT2D eigenvalue weighted by Crippen LogP contribution is -2.39. The molecule has 1 saturated heterocycles. The summed E-state index contributed by atoms with van der Waals surface area (Å²) in [6.07, 6.45) is 1.96. The summed E-state index contributed by atoms with van der Waals surface area (Å²) in [4.78, 5) is 23.2. The molecule has 0 bridgehead atoms. The van der Waals surface area contributed by atoms with Gasteiger partial charge in [0.1, 0.15) is 17.3 Å². The molecule has 0 saturated carbocycles. The summed E-state index contributed by atoms with van der Waals surface area (Å²) >= 11 is 0. The van der Waals surface area contributed by atoms with E-state index in [0.717, 1.165) is 36.2 Å². The van der Waals surface area contributed by atoms with E-state index >= 15 is 0 Å². The Bertz CT molecular complexity index is 933. The zero-order valence-electron chi connectivity index (χ0n) is 15.6. The van der Waals surface area contributed by atoms with Crippen LogP contribution in [-0.4, -0.2) is 48.1 Å². The minimum atomic E-state index is -0.0356. The van der Waals surface area contributed by atoms with Crippen molar-refractivity contribution in [3.63, 3.8) is 0 Å². The molecule has 0 radical (unpaired) electrons. The fourth-order valence-electron chi connectivity index (χ4n) is 3.70. The van der Waals surface area contributed by atoms with Crippen LogP contribution in [0.15, 0.2) is 42.5 Å². The second kappa shape index (κ2) is 7.31. The minimum absolute atomic E-state index is 0.0356. The second-order valence-electron chi connectivity index (χ2n) is 6.80. The highest BCUT2D eigenvalue weighted by Gasteiger charge is 2.29. The maximum atomic E-state index is 13.2. The van der Waals surface area contributed by atoms with Gasteiger partial charge in [0.05, 0.1) is 30.8 Å². The van der Waals surface area contributed by atoms with Crippen LogP contribution in [0.4, 0.5) is 0 Å². The number of likely N-dealkylation sites (tertiary alicyclic amines) is 1. The molecule has 4 rings (SSSR count). The summed E-state index contributed by atoms with van der Waals surface area (Å²) in [5.41, 5.74) is 2.53. The Morgan fingerprint density at radius 2 is 2.04 bits per heavy atom. The van der Waals surface area contributed by atoms with E-state index in [4.69, 9.17) is 14.5 Å². The normalized spacial score (nSPS) is 17.1. The molecule has 1 aromatic heterocycles. The monoisotopic (exact) mass is 365 g/mol. The summed E-state index contributed by atoms with van der Waals surface area (Å²) in [6, 6.07) is 13.3. The van der Waals surface area contributed by atoms with Crippen molar-refractivity contribution >= 4 is 16.9 Å². The van der Waals surface area contributed by atoms with E-state index in [-0.39, 0.29) is 11.8 Å². The molecule has 140 valence electrons. The number of rotatable bonds is 4. The van der Waals surface area contributed by atoms with Crippen molar-refractivity contribution < 1.29 is 14.3 Å². The highest BCUT2D eigenvalue weighted by atomic mass is 16.5. The molecule has 0 spiro atoms. The van der Waals surface area contributed by atoms with Crippen LogP contribution < -0.4 is 9.47 Å². The number of hydrogen-bond donors (Lipinski definition) is 1. The van der Waals surface area contributed by atoms with E-state index in [9.17, 15) is 4.79 Å². The van der Waals surface area contributed by atoms with Crippen molar-refractivity contribution in [1.29, 1.82) is 0 Å². The van der Waals surface area contributed by atoms with E-state index < -0.39 is 0 Å². The summed E-state index contributed by atoms with van der Waals surface area (Å²) < 4.78 is 10.7. The molecule has 6 heteroatoms. The Kier molecular flexibility index (Phi) is 4.71. The third kappa shape index (κ3) is 3.35. The van der Waals surface area contributed by atoms with Crippen LogP contribution in [0.25, 0.3) is 11.0 Å². The van der Waals surface area contributed by atoms with Crippen LogP contribution in [0.5, 0.6) is 11.5 Å². The van der Waals surface area contributed by atoms with E-state index in [1.165, 1.54) is 0 Å². The Balaban J connectivity index is 1.58. The highest BCUT2D eigenvalue weighted by molar-refractivity contribution is 5.97. The zero-order chi connectivity index (χ0) is 18.8. The van der Waals surface area contributed by atoms with Gasteiger partial charge in [0.15, 0.2) is 0 Å². The number of benzene rings is 2. The molecule has 6 nitrogen and oxygen atoms in total. The number of carbonyl (C=O) groups excluding carboxylic acids is 1. The molecule has 1 N–H and O–H groups in total. The maximum absolute atomic E-state index is 13.2. The molecule has 27 heavy (non-hydrogen) atoms. The van der Waals surface area contributed by atoms with Crippen molar-refractivity contribution in [3.05, 3.63) is 53.9 Å². The van der Waals surface area contributed by atoms with E-state index in [1.807, 2.05) is 29.2 Å². The van der Waals surface area contributed by atoms with Gasteiger partial charge in [-0.3, -0.25) is 4.79 Å². The van der Waals surface area contributed by atoms with Crippen molar-refractivity contribution in [3.8, 4) is 11.5 Å². The first-order valence-corrected chi connectivity index (χ1v) is 9.15. The van der Waals surface area contributed by atoms with E-state index in [1.54, 1.807) is 32.4 Å². The maximum Gasteiger partial charge on any atom is 0.257 e. The van der Waals surface area contributed by atoms with Crippen molar-refractivity contribution in [1.82, 2.24) is 14.9 Å². The Labute approximate surface area is 158 Å². The number of nitrogens with one attached hydrogen (secondary N) is 1. The molecule has 1 aliphatic heterocycles. The molecule has 0 unspecified atom stereocenters. The van der Waals surface area contributed by atoms with Gasteiger partial charge in [-0.15, -0.1) is 0 Å². The molecule has 3 aromatic rings. The largest absolute Gasteiger partial charge is 0.497 e. The van der Waals surface area contributed by atoms with Gasteiger partial charge in [-0.25, -0.2) is 4.98 Å². The highest BCUT2D eigenvalue weighted by Crippen LogP contribution is 2.30. The summed E-state index contributed by atoms with van der Waals surface area (Å²) in [5, 5.41) is 0. The number of para-hydroxylation sites is 2. The molecule has 1 amide bonds. The summed E-state index contributed by atoms with van der Waals surface area (Å²) in [6.45, 7) is 1.37. The fraction of sp³-hybridized carbons (Fsp3) is 0.333. The number of fused-ring (bicyclic) bond motifs is 1.